The van der Waals surface area contributed by atoms with Crippen molar-refractivity contribution < 1.29 is 18.6 Å². The summed E-state index contributed by atoms with van der Waals surface area (Å²) in [5.74, 6) is -0.0198. The highest BCUT2D eigenvalue weighted by Crippen LogP contribution is 2.17. The molecule has 0 bridgehead atoms. The summed E-state index contributed by atoms with van der Waals surface area (Å²) in [5, 5.41) is 18.8. The zero-order valence-electron chi connectivity index (χ0n) is 10.2. The molecule has 0 aliphatic carbocycles. The molecule has 2 atom stereocenters. The molecule has 0 amide bonds. The third kappa shape index (κ3) is 3.76. The number of likely N-dealkylation sites (tertiary alicyclic amines) is 1. The van der Waals surface area contributed by atoms with Crippen LogP contribution in [0, 0.1) is 0 Å². The number of β-amino-alcohol motifs (C(OH)–C–C–N with tert-alkyl or cyclic N) is 2. The van der Waals surface area contributed by atoms with Gasteiger partial charge in [-0.2, -0.15) is 0 Å². The molecule has 0 unspecified atom stereocenters. The van der Waals surface area contributed by atoms with Gasteiger partial charge in [0.15, 0.2) is 9.84 Å². The minimum Gasteiger partial charge on any atom is -0.389 e. The summed E-state index contributed by atoms with van der Waals surface area (Å²) in [6, 6.07) is 6.51. The lowest BCUT2D eigenvalue weighted by atomic mass is 10.3. The fraction of sp³-hybridized carbons (Fsp3) is 0.500. The van der Waals surface area contributed by atoms with Crippen molar-refractivity contribution in [3.63, 3.8) is 0 Å². The second-order valence-electron chi connectivity index (χ2n) is 4.67. The molecule has 0 radical (unpaired) electrons. The number of nitrogens with zero attached hydrogens (tertiary/aromatic N) is 1. The molecule has 1 fully saturated rings. The first kappa shape index (κ1) is 14.9. The van der Waals surface area contributed by atoms with E-state index in [2.05, 4.69) is 15.9 Å². The van der Waals surface area contributed by atoms with Crippen LogP contribution in [0.5, 0.6) is 0 Å². The molecular weight excluding hydrogens is 334 g/mol. The Morgan fingerprint density at radius 1 is 1.16 bits per heavy atom. The van der Waals surface area contributed by atoms with Gasteiger partial charge in [-0.25, -0.2) is 8.42 Å². The van der Waals surface area contributed by atoms with Gasteiger partial charge in [0.25, 0.3) is 0 Å². The molecule has 2 rings (SSSR count). The van der Waals surface area contributed by atoms with E-state index in [-0.39, 0.29) is 10.6 Å². The number of aliphatic hydroxyl groups excluding tert-OH is 2. The lowest BCUT2D eigenvalue weighted by Gasteiger charge is -2.14. The summed E-state index contributed by atoms with van der Waals surface area (Å²) >= 11 is 3.26. The van der Waals surface area contributed by atoms with Gasteiger partial charge in [-0.05, 0) is 24.3 Å². The van der Waals surface area contributed by atoms with Gasteiger partial charge >= 0.3 is 0 Å². The minimum absolute atomic E-state index is 0.0198. The van der Waals surface area contributed by atoms with Gasteiger partial charge in [0.1, 0.15) is 0 Å². The molecule has 1 aromatic carbocycles. The van der Waals surface area contributed by atoms with E-state index in [9.17, 15) is 18.6 Å². The van der Waals surface area contributed by atoms with E-state index >= 15 is 0 Å². The summed E-state index contributed by atoms with van der Waals surface area (Å²) in [6.45, 7) is 0.945. The summed E-state index contributed by atoms with van der Waals surface area (Å²) in [7, 11) is -3.33. The Balaban J connectivity index is 1.97. The number of sulfone groups is 1. The summed E-state index contributed by atoms with van der Waals surface area (Å²) in [5.41, 5.74) is 0. The van der Waals surface area contributed by atoms with Crippen LogP contribution < -0.4 is 0 Å². The van der Waals surface area contributed by atoms with Crippen LogP contribution in [0.2, 0.25) is 0 Å². The monoisotopic (exact) mass is 349 g/mol. The molecule has 1 aromatic rings. The van der Waals surface area contributed by atoms with E-state index in [0.717, 1.165) is 4.47 Å². The Labute approximate surface area is 120 Å². The Morgan fingerprint density at radius 2 is 1.68 bits per heavy atom. The SMILES string of the molecule is O=S(=O)(CCN1C[C@@H](O)[C@@H](O)C1)c1ccc(Br)cc1. The summed E-state index contributed by atoms with van der Waals surface area (Å²) < 4.78 is 25.0. The predicted molar refractivity (Wildman–Crippen MR) is 74.6 cm³/mol. The number of aliphatic hydroxyl groups is 2. The third-order valence-corrected chi connectivity index (χ3v) is 5.42. The topological polar surface area (TPSA) is 77.8 Å². The van der Waals surface area contributed by atoms with Crippen molar-refractivity contribution in [3.8, 4) is 0 Å². The van der Waals surface area contributed by atoms with Gasteiger partial charge in [-0.1, -0.05) is 15.9 Å². The molecule has 2 N–H and O–H groups in total. The van der Waals surface area contributed by atoms with Gasteiger partial charge < -0.3 is 10.2 Å². The lowest BCUT2D eigenvalue weighted by Crippen LogP contribution is -2.28. The number of rotatable bonds is 4. The quantitative estimate of drug-likeness (QED) is 0.815. The highest BCUT2D eigenvalue weighted by atomic mass is 79.9. The lowest BCUT2D eigenvalue weighted by molar-refractivity contribution is 0.0572. The first-order chi connectivity index (χ1) is 8.88. The Hall–Kier alpha value is -0.470. The fourth-order valence-electron chi connectivity index (χ4n) is 2.04. The van der Waals surface area contributed by atoms with Gasteiger partial charge in [-0.15, -0.1) is 0 Å². The maximum absolute atomic E-state index is 12.1. The average molecular weight is 350 g/mol. The van der Waals surface area contributed by atoms with Crippen LogP contribution in [0.1, 0.15) is 0 Å². The average Bonchev–Trinajstić information content (AvgIpc) is 2.67. The highest BCUT2D eigenvalue weighted by Gasteiger charge is 2.30. The smallest absolute Gasteiger partial charge is 0.179 e. The van der Waals surface area contributed by atoms with Crippen LogP contribution in [0.15, 0.2) is 33.6 Å². The largest absolute Gasteiger partial charge is 0.389 e. The van der Waals surface area contributed by atoms with E-state index in [1.54, 1.807) is 29.2 Å². The maximum atomic E-state index is 12.1. The van der Waals surface area contributed by atoms with Crippen molar-refractivity contribution in [2.75, 3.05) is 25.4 Å². The van der Waals surface area contributed by atoms with Crippen LogP contribution >= 0.6 is 15.9 Å². The normalized spacial score (nSPS) is 24.8. The van der Waals surface area contributed by atoms with Crippen molar-refractivity contribution in [3.05, 3.63) is 28.7 Å². The Morgan fingerprint density at radius 3 is 2.21 bits per heavy atom. The maximum Gasteiger partial charge on any atom is 0.179 e. The summed E-state index contributed by atoms with van der Waals surface area (Å²) in [6.07, 6.45) is -1.56. The zero-order chi connectivity index (χ0) is 14.0. The van der Waals surface area contributed by atoms with Crippen LogP contribution in [0.3, 0.4) is 0 Å². The van der Waals surface area contributed by atoms with Gasteiger partial charge in [0.2, 0.25) is 0 Å². The molecule has 5 nitrogen and oxygen atoms in total. The van der Waals surface area contributed by atoms with E-state index in [0.29, 0.717) is 19.6 Å². The second-order valence-corrected chi connectivity index (χ2v) is 7.69. The molecule has 7 heteroatoms. The van der Waals surface area contributed by atoms with Crippen LogP contribution in [0.4, 0.5) is 0 Å². The Bertz CT molecular complexity index is 521. The van der Waals surface area contributed by atoms with Gasteiger partial charge in [-0.3, -0.25) is 4.90 Å². The highest BCUT2D eigenvalue weighted by molar-refractivity contribution is 9.10. The van der Waals surface area contributed by atoms with Gasteiger partial charge in [0.05, 0.1) is 22.9 Å². The molecule has 19 heavy (non-hydrogen) atoms. The first-order valence-electron chi connectivity index (χ1n) is 5.95. The Kier molecular flexibility index (Phi) is 4.62. The molecule has 106 valence electrons. The van der Waals surface area contributed by atoms with Crippen molar-refractivity contribution in [2.24, 2.45) is 0 Å². The molecule has 1 saturated heterocycles. The molecule has 0 aromatic heterocycles. The van der Waals surface area contributed by atoms with E-state index < -0.39 is 22.0 Å². The van der Waals surface area contributed by atoms with Gasteiger partial charge in [0, 0.05) is 24.1 Å². The van der Waals surface area contributed by atoms with E-state index in [1.165, 1.54) is 0 Å². The predicted octanol–water partition coefficient (Wildman–Crippen LogP) is 0.260. The van der Waals surface area contributed by atoms with Crippen molar-refractivity contribution in [2.45, 2.75) is 17.1 Å². The molecule has 0 spiro atoms. The van der Waals surface area contributed by atoms with E-state index in [1.807, 2.05) is 0 Å². The zero-order valence-corrected chi connectivity index (χ0v) is 12.6. The minimum atomic E-state index is -3.33. The van der Waals surface area contributed by atoms with Crippen LogP contribution in [-0.4, -0.2) is 61.1 Å². The van der Waals surface area contributed by atoms with E-state index in [4.69, 9.17) is 0 Å². The van der Waals surface area contributed by atoms with Crippen molar-refractivity contribution in [1.29, 1.82) is 0 Å². The van der Waals surface area contributed by atoms with Crippen molar-refractivity contribution in [1.82, 2.24) is 4.90 Å². The fourth-order valence-corrected chi connectivity index (χ4v) is 3.59. The van der Waals surface area contributed by atoms with Crippen LogP contribution in [-0.2, 0) is 9.84 Å². The van der Waals surface area contributed by atoms with Crippen LogP contribution in [0.25, 0.3) is 0 Å². The third-order valence-electron chi connectivity index (χ3n) is 3.18. The molecule has 1 aliphatic rings. The number of halogens is 1. The first-order valence-corrected chi connectivity index (χ1v) is 8.40. The van der Waals surface area contributed by atoms with Crippen molar-refractivity contribution >= 4 is 25.8 Å². The number of benzene rings is 1. The molecule has 1 aliphatic heterocycles. The molecule has 1 heterocycles. The second kappa shape index (κ2) is 5.88. The molecular formula is C12H16BrNO4S. The molecule has 0 saturated carbocycles. The standard InChI is InChI=1S/C12H16BrNO4S/c13-9-1-3-10(4-2-9)19(17,18)6-5-14-7-11(15)12(16)8-14/h1-4,11-12,15-16H,5-8H2/t11-,12+. The number of hydrogen-bond acceptors (Lipinski definition) is 5. The number of hydrogen-bond donors (Lipinski definition) is 2. The summed E-state index contributed by atoms with van der Waals surface area (Å²) in [4.78, 5) is 2.04.